The van der Waals surface area contributed by atoms with Crippen LogP contribution >= 0.6 is 0 Å². The number of sulfonamides is 1. The molecule has 0 atom stereocenters. The first-order valence-electron chi connectivity index (χ1n) is 8.33. The number of hydrogen-bond acceptors (Lipinski definition) is 5. The predicted molar refractivity (Wildman–Crippen MR) is 97.0 cm³/mol. The molecule has 3 rings (SSSR count). The van der Waals surface area contributed by atoms with Crippen LogP contribution in [0.2, 0.25) is 0 Å². The van der Waals surface area contributed by atoms with Crippen molar-refractivity contribution in [3.8, 4) is 11.4 Å². The Bertz CT molecular complexity index is 868. The van der Waals surface area contributed by atoms with Crippen LogP contribution < -0.4 is 10.1 Å². The average Bonchev–Trinajstić information content (AvgIpc) is 3.12. The average molecular weight is 378 g/mol. The normalized spacial score (nSPS) is 16.4. The quantitative estimate of drug-likeness (QED) is 0.839. The van der Waals surface area contributed by atoms with Gasteiger partial charge in [0.1, 0.15) is 5.75 Å². The first-order chi connectivity index (χ1) is 12.4. The number of carbonyl (C=O) groups excluding carboxylic acids is 1. The topological polar surface area (TPSA) is 93.5 Å². The van der Waals surface area contributed by atoms with Crippen LogP contribution in [0.4, 0.5) is 0 Å². The van der Waals surface area contributed by atoms with Crippen molar-refractivity contribution in [3.63, 3.8) is 0 Å². The summed E-state index contributed by atoms with van der Waals surface area (Å²) in [6, 6.07) is 8.97. The van der Waals surface area contributed by atoms with Crippen LogP contribution in [-0.2, 0) is 10.0 Å². The monoisotopic (exact) mass is 378 g/mol. The molecule has 26 heavy (non-hydrogen) atoms. The van der Waals surface area contributed by atoms with Gasteiger partial charge in [0.25, 0.3) is 5.91 Å². The largest absolute Gasteiger partial charge is 0.497 e. The Kier molecular flexibility index (Phi) is 5.28. The van der Waals surface area contributed by atoms with Gasteiger partial charge in [-0.1, -0.05) is 0 Å². The molecule has 0 saturated carbocycles. The Hall–Kier alpha value is -2.39. The Morgan fingerprint density at radius 2 is 1.85 bits per heavy atom. The summed E-state index contributed by atoms with van der Waals surface area (Å²) in [6.07, 6.45) is 4.12. The van der Waals surface area contributed by atoms with E-state index < -0.39 is 10.0 Å². The van der Waals surface area contributed by atoms with E-state index in [0.717, 1.165) is 11.4 Å². The molecule has 8 nitrogen and oxygen atoms in total. The molecule has 140 valence electrons. The van der Waals surface area contributed by atoms with Gasteiger partial charge in [-0.05, 0) is 43.2 Å². The molecular formula is C17H22N4O4S. The second-order valence-corrected chi connectivity index (χ2v) is 8.24. The maximum atomic E-state index is 12.4. The van der Waals surface area contributed by atoms with Gasteiger partial charge in [-0.2, -0.15) is 5.10 Å². The summed E-state index contributed by atoms with van der Waals surface area (Å²) in [5, 5.41) is 7.25. The number of nitrogens with zero attached hydrogens (tertiary/aromatic N) is 3. The second kappa shape index (κ2) is 7.46. The molecule has 0 aliphatic carbocycles. The van der Waals surface area contributed by atoms with Crippen molar-refractivity contribution in [1.82, 2.24) is 19.4 Å². The molecule has 1 amide bonds. The molecule has 2 heterocycles. The van der Waals surface area contributed by atoms with Crippen molar-refractivity contribution in [3.05, 3.63) is 42.2 Å². The molecule has 1 fully saturated rings. The maximum Gasteiger partial charge on any atom is 0.272 e. The van der Waals surface area contributed by atoms with Crippen molar-refractivity contribution in [2.45, 2.75) is 18.9 Å². The van der Waals surface area contributed by atoms with Crippen molar-refractivity contribution in [2.75, 3.05) is 26.5 Å². The van der Waals surface area contributed by atoms with E-state index in [1.54, 1.807) is 24.1 Å². The van der Waals surface area contributed by atoms with E-state index in [0.29, 0.717) is 31.6 Å². The van der Waals surface area contributed by atoms with Crippen molar-refractivity contribution < 1.29 is 17.9 Å². The number of rotatable bonds is 5. The van der Waals surface area contributed by atoms with Crippen LogP contribution in [0.25, 0.3) is 5.69 Å². The molecule has 0 spiro atoms. The highest BCUT2D eigenvalue weighted by Crippen LogP contribution is 2.16. The van der Waals surface area contributed by atoms with E-state index in [-0.39, 0.29) is 11.9 Å². The Morgan fingerprint density at radius 1 is 1.19 bits per heavy atom. The third-order valence-electron chi connectivity index (χ3n) is 4.42. The summed E-state index contributed by atoms with van der Waals surface area (Å²) in [6.45, 7) is 0.841. The number of amides is 1. The molecule has 1 N–H and O–H groups in total. The predicted octanol–water partition coefficient (Wildman–Crippen LogP) is 1.03. The maximum absolute atomic E-state index is 12.4. The van der Waals surface area contributed by atoms with Gasteiger partial charge in [0.2, 0.25) is 10.0 Å². The molecule has 1 aromatic heterocycles. The minimum absolute atomic E-state index is 0.0494. The SMILES string of the molecule is COc1ccc(-n2ccc(C(=O)NC3CCN(S(C)(=O)=O)CC3)n2)cc1. The Labute approximate surface area is 152 Å². The van der Waals surface area contributed by atoms with Gasteiger partial charge in [0.15, 0.2) is 5.69 Å². The van der Waals surface area contributed by atoms with Gasteiger partial charge >= 0.3 is 0 Å². The summed E-state index contributed by atoms with van der Waals surface area (Å²) in [7, 11) is -1.56. The number of aromatic nitrogens is 2. The van der Waals surface area contributed by atoms with E-state index in [1.807, 2.05) is 24.3 Å². The van der Waals surface area contributed by atoms with Crippen molar-refractivity contribution >= 4 is 15.9 Å². The highest BCUT2D eigenvalue weighted by atomic mass is 32.2. The molecule has 0 unspecified atom stereocenters. The molecule has 1 aliphatic heterocycles. The molecule has 1 saturated heterocycles. The lowest BCUT2D eigenvalue weighted by molar-refractivity contribution is 0.0918. The van der Waals surface area contributed by atoms with Gasteiger partial charge < -0.3 is 10.1 Å². The highest BCUT2D eigenvalue weighted by Gasteiger charge is 2.26. The summed E-state index contributed by atoms with van der Waals surface area (Å²) >= 11 is 0. The lowest BCUT2D eigenvalue weighted by Gasteiger charge is -2.30. The van der Waals surface area contributed by atoms with Crippen molar-refractivity contribution in [2.24, 2.45) is 0 Å². The fraction of sp³-hybridized carbons (Fsp3) is 0.412. The summed E-state index contributed by atoms with van der Waals surface area (Å²) < 4.78 is 31.3. The van der Waals surface area contributed by atoms with E-state index in [1.165, 1.54) is 10.6 Å². The number of ether oxygens (including phenoxy) is 1. The minimum atomic E-state index is -3.17. The van der Waals surface area contributed by atoms with Crippen molar-refractivity contribution in [1.29, 1.82) is 0 Å². The van der Waals surface area contributed by atoms with Crippen LogP contribution in [-0.4, -0.2) is 60.9 Å². The zero-order valence-corrected chi connectivity index (χ0v) is 15.6. The third kappa shape index (κ3) is 4.23. The van der Waals surface area contributed by atoms with Crippen LogP contribution in [0.1, 0.15) is 23.3 Å². The van der Waals surface area contributed by atoms with Gasteiger partial charge in [-0.15, -0.1) is 0 Å². The smallest absolute Gasteiger partial charge is 0.272 e. The first-order valence-corrected chi connectivity index (χ1v) is 10.2. The number of carbonyl (C=O) groups is 1. The fourth-order valence-corrected chi connectivity index (χ4v) is 3.79. The molecule has 1 aliphatic rings. The van der Waals surface area contributed by atoms with Crippen LogP contribution in [0, 0.1) is 0 Å². The standard InChI is InChI=1S/C17H22N4O4S/c1-25-15-5-3-14(4-6-15)21-12-9-16(19-21)17(22)18-13-7-10-20(11-8-13)26(2,23)24/h3-6,9,12-13H,7-8,10-11H2,1-2H3,(H,18,22). The van der Waals surface area contributed by atoms with E-state index in [2.05, 4.69) is 10.4 Å². The summed E-state index contributed by atoms with van der Waals surface area (Å²) in [5.74, 6) is 0.495. The van der Waals surface area contributed by atoms with Gasteiger partial charge in [-0.25, -0.2) is 17.4 Å². The number of nitrogens with one attached hydrogen (secondary N) is 1. The van der Waals surface area contributed by atoms with E-state index in [4.69, 9.17) is 4.74 Å². The lowest BCUT2D eigenvalue weighted by Crippen LogP contribution is -2.46. The molecule has 2 aromatic rings. The molecule has 9 heteroatoms. The second-order valence-electron chi connectivity index (χ2n) is 6.25. The molecule has 1 aromatic carbocycles. The van der Waals surface area contributed by atoms with Crippen LogP contribution in [0.15, 0.2) is 36.5 Å². The number of benzene rings is 1. The van der Waals surface area contributed by atoms with E-state index in [9.17, 15) is 13.2 Å². The number of methoxy groups -OCH3 is 1. The first kappa shape index (κ1) is 18.4. The summed E-state index contributed by atoms with van der Waals surface area (Å²) in [5.41, 5.74) is 1.15. The van der Waals surface area contributed by atoms with Gasteiger partial charge in [-0.3, -0.25) is 4.79 Å². The van der Waals surface area contributed by atoms with E-state index >= 15 is 0 Å². The zero-order chi connectivity index (χ0) is 18.7. The van der Waals surface area contributed by atoms with Crippen LogP contribution in [0.3, 0.4) is 0 Å². The minimum Gasteiger partial charge on any atom is -0.497 e. The number of piperidine rings is 1. The molecular weight excluding hydrogens is 356 g/mol. The summed E-state index contributed by atoms with van der Waals surface area (Å²) in [4.78, 5) is 12.4. The molecule has 0 radical (unpaired) electrons. The number of hydrogen-bond donors (Lipinski definition) is 1. The zero-order valence-electron chi connectivity index (χ0n) is 14.8. The highest BCUT2D eigenvalue weighted by molar-refractivity contribution is 7.88. The van der Waals surface area contributed by atoms with Gasteiger partial charge in [0.05, 0.1) is 19.1 Å². The van der Waals surface area contributed by atoms with Gasteiger partial charge in [0, 0.05) is 25.3 Å². The Morgan fingerprint density at radius 3 is 2.42 bits per heavy atom. The van der Waals surface area contributed by atoms with Crippen LogP contribution in [0.5, 0.6) is 5.75 Å². The molecule has 0 bridgehead atoms. The fourth-order valence-electron chi connectivity index (χ4n) is 2.91. The lowest BCUT2D eigenvalue weighted by atomic mass is 10.1. The third-order valence-corrected chi connectivity index (χ3v) is 5.72. The Balaban J connectivity index is 1.60.